The molecule has 0 bridgehead atoms. The molecule has 0 amide bonds. The van der Waals surface area contributed by atoms with Crippen molar-refractivity contribution in [1.29, 1.82) is 0 Å². The van der Waals surface area contributed by atoms with Gasteiger partial charge in [-0.15, -0.1) is 0 Å². The van der Waals surface area contributed by atoms with Crippen LogP contribution in [0.3, 0.4) is 0 Å². The van der Waals surface area contributed by atoms with E-state index in [1.54, 1.807) is 0 Å². The number of aryl methyl sites for hydroxylation is 1. The van der Waals surface area contributed by atoms with Crippen LogP contribution in [0.5, 0.6) is 0 Å². The van der Waals surface area contributed by atoms with Crippen molar-refractivity contribution in [2.24, 2.45) is 0 Å². The average molecular weight is 299 g/mol. The van der Waals surface area contributed by atoms with E-state index in [1.165, 1.54) is 11.1 Å². The van der Waals surface area contributed by atoms with Crippen LogP contribution in [0.1, 0.15) is 31.4 Å². The van der Waals surface area contributed by atoms with Gasteiger partial charge in [-0.1, -0.05) is 53.5 Å². The van der Waals surface area contributed by atoms with Gasteiger partial charge in [-0.25, -0.2) is 0 Å². The highest BCUT2D eigenvalue weighted by molar-refractivity contribution is 9.10. The third kappa shape index (κ3) is 4.50. The number of halogens is 1. The summed E-state index contributed by atoms with van der Waals surface area (Å²) < 4.78 is 4.99. The molecule has 1 unspecified atom stereocenters. The minimum Gasteiger partial charge on any atom is -0.465 e. The fourth-order valence-corrected chi connectivity index (χ4v) is 2.26. The maximum atomic E-state index is 11.5. The van der Waals surface area contributed by atoms with E-state index in [0.717, 1.165) is 12.8 Å². The van der Waals surface area contributed by atoms with E-state index in [9.17, 15) is 4.79 Å². The monoisotopic (exact) mass is 298 g/mol. The molecule has 0 radical (unpaired) electrons. The number of hydrogen-bond acceptors (Lipinski definition) is 2. The lowest BCUT2D eigenvalue weighted by molar-refractivity contribution is -0.142. The molecule has 0 heterocycles. The Balaban J connectivity index is 2.70. The lowest BCUT2D eigenvalue weighted by Gasteiger charge is -2.12. The van der Waals surface area contributed by atoms with Crippen LogP contribution >= 0.6 is 15.9 Å². The molecule has 94 valence electrons. The Kier molecular flexibility index (Phi) is 6.27. The van der Waals surface area contributed by atoms with Gasteiger partial charge in [-0.05, 0) is 30.9 Å². The van der Waals surface area contributed by atoms with Crippen molar-refractivity contribution < 1.29 is 9.53 Å². The van der Waals surface area contributed by atoms with Crippen molar-refractivity contribution in [1.82, 2.24) is 0 Å². The SMILES string of the molecule is CCCc1ccccc1CC(Br)C(=O)OCC. The molecular weight excluding hydrogens is 280 g/mol. The highest BCUT2D eigenvalue weighted by atomic mass is 79.9. The second-order valence-corrected chi connectivity index (χ2v) is 5.05. The van der Waals surface area contributed by atoms with E-state index in [1.807, 2.05) is 19.1 Å². The van der Waals surface area contributed by atoms with E-state index < -0.39 is 0 Å². The van der Waals surface area contributed by atoms with E-state index in [4.69, 9.17) is 4.74 Å². The van der Waals surface area contributed by atoms with Crippen LogP contribution in [-0.4, -0.2) is 17.4 Å². The van der Waals surface area contributed by atoms with Crippen LogP contribution in [0.25, 0.3) is 0 Å². The lowest BCUT2D eigenvalue weighted by atomic mass is 9.99. The van der Waals surface area contributed by atoms with Gasteiger partial charge in [0.15, 0.2) is 0 Å². The number of alkyl halides is 1. The first-order valence-electron chi connectivity index (χ1n) is 6.06. The zero-order valence-corrected chi connectivity index (χ0v) is 12.0. The number of esters is 1. The zero-order chi connectivity index (χ0) is 12.7. The van der Waals surface area contributed by atoms with Crippen LogP contribution in [-0.2, 0) is 22.4 Å². The maximum absolute atomic E-state index is 11.5. The van der Waals surface area contributed by atoms with Gasteiger partial charge in [0.2, 0.25) is 0 Å². The molecule has 0 aliphatic carbocycles. The van der Waals surface area contributed by atoms with Crippen LogP contribution in [0.15, 0.2) is 24.3 Å². The summed E-state index contributed by atoms with van der Waals surface area (Å²) in [5.41, 5.74) is 2.55. The summed E-state index contributed by atoms with van der Waals surface area (Å²) in [5, 5.41) is 0. The number of carbonyl (C=O) groups is 1. The third-order valence-corrected chi connectivity index (χ3v) is 3.28. The molecule has 1 atom stereocenters. The molecule has 2 nitrogen and oxygen atoms in total. The van der Waals surface area contributed by atoms with Gasteiger partial charge in [0.25, 0.3) is 0 Å². The Morgan fingerprint density at radius 3 is 2.53 bits per heavy atom. The molecular formula is C14H19BrO2. The summed E-state index contributed by atoms with van der Waals surface area (Å²) in [6.45, 7) is 4.41. The molecule has 1 aromatic carbocycles. The fourth-order valence-electron chi connectivity index (χ4n) is 1.78. The van der Waals surface area contributed by atoms with E-state index in [0.29, 0.717) is 13.0 Å². The van der Waals surface area contributed by atoms with Gasteiger partial charge in [-0.2, -0.15) is 0 Å². The number of rotatable bonds is 6. The Labute approximate surface area is 111 Å². The molecule has 0 saturated heterocycles. The summed E-state index contributed by atoms with van der Waals surface area (Å²) in [4.78, 5) is 11.3. The third-order valence-electron chi connectivity index (χ3n) is 2.58. The van der Waals surface area contributed by atoms with Gasteiger partial charge in [-0.3, -0.25) is 4.79 Å². The first-order valence-corrected chi connectivity index (χ1v) is 6.98. The molecule has 1 aromatic rings. The van der Waals surface area contributed by atoms with Crippen molar-refractivity contribution >= 4 is 21.9 Å². The van der Waals surface area contributed by atoms with Gasteiger partial charge in [0.05, 0.1) is 6.61 Å². The molecule has 0 fully saturated rings. The van der Waals surface area contributed by atoms with Crippen LogP contribution in [0.4, 0.5) is 0 Å². The highest BCUT2D eigenvalue weighted by Gasteiger charge is 2.17. The van der Waals surface area contributed by atoms with Gasteiger partial charge in [0.1, 0.15) is 4.83 Å². The largest absolute Gasteiger partial charge is 0.465 e. The Morgan fingerprint density at radius 2 is 1.94 bits per heavy atom. The number of hydrogen-bond donors (Lipinski definition) is 0. The number of benzene rings is 1. The van der Waals surface area contributed by atoms with Crippen molar-refractivity contribution in [3.05, 3.63) is 35.4 Å². The molecule has 3 heteroatoms. The molecule has 17 heavy (non-hydrogen) atoms. The average Bonchev–Trinajstić information content (AvgIpc) is 2.32. The molecule has 0 aliphatic rings. The minimum atomic E-state index is -0.250. The molecule has 0 aliphatic heterocycles. The van der Waals surface area contributed by atoms with Crippen LogP contribution in [0, 0.1) is 0 Å². The molecule has 0 spiro atoms. The summed E-state index contributed by atoms with van der Waals surface area (Å²) in [6, 6.07) is 8.27. The molecule has 0 aromatic heterocycles. The first-order chi connectivity index (χ1) is 8.19. The number of carbonyl (C=O) groups excluding carboxylic acids is 1. The summed E-state index contributed by atoms with van der Waals surface area (Å²) >= 11 is 3.39. The summed E-state index contributed by atoms with van der Waals surface area (Å²) in [7, 11) is 0. The van der Waals surface area contributed by atoms with Crippen LogP contribution in [0.2, 0.25) is 0 Å². The Morgan fingerprint density at radius 1 is 1.29 bits per heavy atom. The predicted molar refractivity (Wildman–Crippen MR) is 73.5 cm³/mol. The molecule has 1 rings (SSSR count). The molecule has 0 N–H and O–H groups in total. The first kappa shape index (κ1) is 14.2. The van der Waals surface area contributed by atoms with Crippen molar-refractivity contribution in [2.45, 2.75) is 37.9 Å². The fraction of sp³-hybridized carbons (Fsp3) is 0.500. The second kappa shape index (κ2) is 7.49. The second-order valence-electron chi connectivity index (χ2n) is 3.94. The van der Waals surface area contributed by atoms with E-state index in [2.05, 4.69) is 35.0 Å². The van der Waals surface area contributed by atoms with E-state index >= 15 is 0 Å². The van der Waals surface area contributed by atoms with Crippen molar-refractivity contribution in [2.75, 3.05) is 6.61 Å². The van der Waals surface area contributed by atoms with Gasteiger partial charge in [0, 0.05) is 0 Å². The summed E-state index contributed by atoms with van der Waals surface area (Å²) in [5.74, 6) is -0.182. The minimum absolute atomic E-state index is 0.182. The molecule has 0 saturated carbocycles. The topological polar surface area (TPSA) is 26.3 Å². The van der Waals surface area contributed by atoms with E-state index in [-0.39, 0.29) is 10.8 Å². The highest BCUT2D eigenvalue weighted by Crippen LogP contribution is 2.17. The number of ether oxygens (including phenoxy) is 1. The quantitative estimate of drug-likeness (QED) is 0.593. The van der Waals surface area contributed by atoms with Gasteiger partial charge < -0.3 is 4.74 Å². The normalized spacial score (nSPS) is 12.2. The lowest BCUT2D eigenvalue weighted by Crippen LogP contribution is -2.20. The standard InChI is InChI=1S/C14H19BrO2/c1-3-7-11-8-5-6-9-12(11)10-13(15)14(16)17-4-2/h5-6,8-9,13H,3-4,7,10H2,1-2H3. The smallest absolute Gasteiger partial charge is 0.320 e. The Hall–Kier alpha value is -0.830. The van der Waals surface area contributed by atoms with Crippen molar-refractivity contribution in [3.8, 4) is 0 Å². The predicted octanol–water partition coefficient (Wildman–Crippen LogP) is 3.51. The van der Waals surface area contributed by atoms with Crippen LogP contribution < -0.4 is 0 Å². The van der Waals surface area contributed by atoms with Gasteiger partial charge >= 0.3 is 5.97 Å². The Bertz CT molecular complexity index is 363. The van der Waals surface area contributed by atoms with Crippen molar-refractivity contribution in [3.63, 3.8) is 0 Å². The maximum Gasteiger partial charge on any atom is 0.320 e. The summed E-state index contributed by atoms with van der Waals surface area (Å²) in [6.07, 6.45) is 2.86. The zero-order valence-electron chi connectivity index (χ0n) is 10.4.